The topological polar surface area (TPSA) is 78.9 Å². The van der Waals surface area contributed by atoms with Crippen LogP contribution < -0.4 is 5.32 Å². The molecule has 2 atom stereocenters. The number of nitrogens with one attached hydrogen (secondary N) is 1. The van der Waals surface area contributed by atoms with E-state index in [-0.39, 0.29) is 11.7 Å². The van der Waals surface area contributed by atoms with E-state index in [1.54, 1.807) is 6.07 Å². The molecule has 2 unspecified atom stereocenters. The molecule has 2 aromatic rings. The lowest BCUT2D eigenvalue weighted by Crippen LogP contribution is -2.39. The standard InChI is InChI=1S/C14H13F6NO3.C10H15NO/c1-21(11(22)13(15,16)17)8-7-10(9-5-3-2-4-6-9)24-12(23)14(18,19)20;1-11-8-7-10(12)9-5-3-2-4-6-9/h2-6,10H,7-8H2,1H3;2-6,10-12H,7-8H2,1H3. The Morgan fingerprint density at radius 1 is 0.889 bits per heavy atom. The molecule has 0 heterocycles. The highest BCUT2D eigenvalue weighted by atomic mass is 19.4. The van der Waals surface area contributed by atoms with E-state index >= 15 is 0 Å². The number of carbonyl (C=O) groups is 2. The molecule has 0 radical (unpaired) electrons. The summed E-state index contributed by atoms with van der Waals surface area (Å²) in [6, 6.07) is 16.9. The minimum Gasteiger partial charge on any atom is -0.451 e. The first-order chi connectivity index (χ1) is 16.8. The quantitative estimate of drug-likeness (QED) is 0.373. The Hall–Kier alpha value is -3.12. The number of aliphatic hydroxyl groups is 1. The van der Waals surface area contributed by atoms with Gasteiger partial charge in [-0.15, -0.1) is 0 Å². The second-order valence-corrected chi connectivity index (χ2v) is 7.63. The van der Waals surface area contributed by atoms with E-state index in [4.69, 9.17) is 0 Å². The van der Waals surface area contributed by atoms with Gasteiger partial charge in [-0.05, 0) is 31.1 Å². The summed E-state index contributed by atoms with van der Waals surface area (Å²) in [6.07, 6.45) is -11.8. The zero-order valence-corrected chi connectivity index (χ0v) is 19.6. The van der Waals surface area contributed by atoms with Crippen LogP contribution in [0.15, 0.2) is 60.7 Å². The summed E-state index contributed by atoms with van der Waals surface area (Å²) < 4.78 is 78.2. The van der Waals surface area contributed by atoms with E-state index in [0.29, 0.717) is 4.90 Å². The van der Waals surface area contributed by atoms with E-state index in [1.165, 1.54) is 24.3 Å². The van der Waals surface area contributed by atoms with Gasteiger partial charge in [-0.1, -0.05) is 60.7 Å². The Labute approximate surface area is 204 Å². The lowest BCUT2D eigenvalue weighted by molar-refractivity contribution is -0.206. The Bertz CT molecular complexity index is 924. The average molecular weight is 522 g/mol. The molecule has 1 amide bonds. The van der Waals surface area contributed by atoms with E-state index in [0.717, 1.165) is 25.6 Å². The number of ether oxygens (including phenoxy) is 1. The first kappa shape index (κ1) is 30.9. The number of rotatable bonds is 9. The summed E-state index contributed by atoms with van der Waals surface area (Å²) in [5.74, 6) is -4.60. The van der Waals surface area contributed by atoms with Gasteiger partial charge in [-0.3, -0.25) is 4.79 Å². The second kappa shape index (κ2) is 14.4. The van der Waals surface area contributed by atoms with Crippen molar-refractivity contribution in [3.05, 3.63) is 71.8 Å². The second-order valence-electron chi connectivity index (χ2n) is 7.63. The van der Waals surface area contributed by atoms with E-state index in [2.05, 4.69) is 10.1 Å². The molecule has 0 spiro atoms. The van der Waals surface area contributed by atoms with Gasteiger partial charge in [-0.2, -0.15) is 26.3 Å². The fourth-order valence-corrected chi connectivity index (χ4v) is 2.91. The molecule has 0 bridgehead atoms. The van der Waals surface area contributed by atoms with Gasteiger partial charge in [-0.25, -0.2) is 4.79 Å². The molecule has 2 N–H and O–H groups in total. The van der Waals surface area contributed by atoms with Crippen molar-refractivity contribution >= 4 is 11.9 Å². The van der Waals surface area contributed by atoms with E-state index < -0.39 is 43.3 Å². The Balaban J connectivity index is 0.000000450. The van der Waals surface area contributed by atoms with Crippen LogP contribution in [-0.4, -0.2) is 61.4 Å². The van der Waals surface area contributed by atoms with Gasteiger partial charge in [0.15, 0.2) is 0 Å². The van der Waals surface area contributed by atoms with Gasteiger partial charge in [0.1, 0.15) is 6.10 Å². The number of hydrogen-bond donors (Lipinski definition) is 2. The Morgan fingerprint density at radius 2 is 1.39 bits per heavy atom. The molecule has 0 aliphatic heterocycles. The minimum atomic E-state index is -5.24. The highest BCUT2D eigenvalue weighted by molar-refractivity contribution is 5.81. The lowest BCUT2D eigenvalue weighted by Gasteiger charge is -2.23. The average Bonchev–Trinajstić information content (AvgIpc) is 2.84. The van der Waals surface area contributed by atoms with Gasteiger partial charge in [0.05, 0.1) is 6.10 Å². The number of esters is 1. The number of carbonyl (C=O) groups excluding carboxylic acids is 2. The Morgan fingerprint density at radius 3 is 1.83 bits per heavy atom. The van der Waals surface area contributed by atoms with Crippen LogP contribution in [0.4, 0.5) is 26.3 Å². The maximum absolute atomic E-state index is 12.3. The van der Waals surface area contributed by atoms with Crippen LogP contribution in [0.3, 0.4) is 0 Å². The number of benzene rings is 2. The van der Waals surface area contributed by atoms with Gasteiger partial charge >= 0.3 is 24.2 Å². The number of nitrogens with zero attached hydrogens (tertiary/aromatic N) is 1. The summed E-state index contributed by atoms with van der Waals surface area (Å²) in [4.78, 5) is 22.3. The first-order valence-electron chi connectivity index (χ1n) is 10.8. The molecule has 12 heteroatoms. The van der Waals surface area contributed by atoms with Gasteiger partial charge in [0.2, 0.25) is 0 Å². The number of aliphatic hydroxyl groups excluding tert-OH is 1. The summed E-state index contributed by atoms with van der Waals surface area (Å²) in [6.45, 7) is 0.291. The third kappa shape index (κ3) is 11.1. The molecular weight excluding hydrogens is 494 g/mol. The molecule has 0 aliphatic carbocycles. The Kier molecular flexibility index (Phi) is 12.4. The molecule has 6 nitrogen and oxygen atoms in total. The van der Waals surface area contributed by atoms with Crippen LogP contribution in [0.5, 0.6) is 0 Å². The van der Waals surface area contributed by atoms with E-state index in [9.17, 15) is 41.0 Å². The number of alkyl halides is 6. The highest BCUT2D eigenvalue weighted by Gasteiger charge is 2.43. The fraction of sp³-hybridized carbons (Fsp3) is 0.417. The predicted octanol–water partition coefficient (Wildman–Crippen LogP) is 4.57. The monoisotopic (exact) mass is 522 g/mol. The molecule has 0 fully saturated rings. The smallest absolute Gasteiger partial charge is 0.451 e. The van der Waals surface area contributed by atoms with Gasteiger partial charge in [0, 0.05) is 20.0 Å². The molecule has 2 rings (SSSR count). The van der Waals surface area contributed by atoms with Crippen molar-refractivity contribution < 1.29 is 45.8 Å². The van der Waals surface area contributed by atoms with E-state index in [1.807, 2.05) is 37.4 Å². The third-order valence-electron chi connectivity index (χ3n) is 4.82. The number of halogens is 6. The minimum absolute atomic E-state index is 0.169. The maximum atomic E-state index is 12.3. The lowest BCUT2D eigenvalue weighted by atomic mass is 10.1. The molecule has 200 valence electrons. The van der Waals surface area contributed by atoms with Crippen LogP contribution in [0.1, 0.15) is 36.2 Å². The van der Waals surface area contributed by atoms with Crippen molar-refractivity contribution in [1.29, 1.82) is 0 Å². The van der Waals surface area contributed by atoms with Crippen molar-refractivity contribution in [1.82, 2.24) is 10.2 Å². The molecule has 0 saturated heterocycles. The summed E-state index contributed by atoms with van der Waals surface area (Å²) >= 11 is 0. The normalized spacial score (nSPS) is 13.1. The largest absolute Gasteiger partial charge is 0.490 e. The number of hydrogen-bond acceptors (Lipinski definition) is 5. The van der Waals surface area contributed by atoms with Crippen LogP contribution in [-0.2, 0) is 14.3 Å². The third-order valence-corrected chi connectivity index (χ3v) is 4.82. The zero-order chi connectivity index (χ0) is 27.4. The molecule has 2 aromatic carbocycles. The summed E-state index contributed by atoms with van der Waals surface area (Å²) in [5.41, 5.74) is 1.16. The highest BCUT2D eigenvalue weighted by Crippen LogP contribution is 2.27. The fourth-order valence-electron chi connectivity index (χ4n) is 2.91. The predicted molar refractivity (Wildman–Crippen MR) is 120 cm³/mol. The first-order valence-corrected chi connectivity index (χ1v) is 10.8. The maximum Gasteiger partial charge on any atom is 0.490 e. The number of amides is 1. The molecule has 36 heavy (non-hydrogen) atoms. The van der Waals surface area contributed by atoms with Crippen LogP contribution in [0.25, 0.3) is 0 Å². The molecular formula is C24H28F6N2O4. The molecule has 0 saturated carbocycles. The summed E-state index contributed by atoms with van der Waals surface area (Å²) in [5, 5.41) is 12.6. The van der Waals surface area contributed by atoms with Crippen LogP contribution >= 0.6 is 0 Å². The van der Waals surface area contributed by atoms with Crippen LogP contribution in [0, 0.1) is 0 Å². The van der Waals surface area contributed by atoms with Crippen LogP contribution in [0.2, 0.25) is 0 Å². The van der Waals surface area contributed by atoms with Gasteiger partial charge < -0.3 is 20.1 Å². The zero-order valence-electron chi connectivity index (χ0n) is 19.6. The van der Waals surface area contributed by atoms with Crippen molar-refractivity contribution in [2.45, 2.75) is 37.4 Å². The van der Waals surface area contributed by atoms with Crippen molar-refractivity contribution in [3.63, 3.8) is 0 Å². The summed E-state index contributed by atoms with van der Waals surface area (Å²) in [7, 11) is 2.74. The van der Waals surface area contributed by atoms with Gasteiger partial charge in [0.25, 0.3) is 0 Å². The molecule has 0 aliphatic rings. The SMILES string of the molecule is CN(CCC(OC(=O)C(F)(F)F)c1ccccc1)C(=O)C(F)(F)F.CNCCC(O)c1ccccc1. The van der Waals surface area contributed by atoms with Crippen molar-refractivity contribution in [3.8, 4) is 0 Å². The van der Waals surface area contributed by atoms with Crippen molar-refractivity contribution in [2.75, 3.05) is 27.2 Å². The van der Waals surface area contributed by atoms with Crippen molar-refractivity contribution in [2.24, 2.45) is 0 Å². The molecule has 0 aromatic heterocycles.